The van der Waals surface area contributed by atoms with Crippen LogP contribution < -0.4 is 0 Å². The van der Waals surface area contributed by atoms with E-state index in [-0.39, 0.29) is 24.3 Å². The second-order valence-electron chi connectivity index (χ2n) is 7.29. The molecule has 2 fully saturated rings. The molecule has 5 heteroatoms. The molecule has 0 saturated carbocycles. The number of amides is 2. The number of hydrogen-bond donors (Lipinski definition) is 1. The fraction of sp³-hybridized carbons (Fsp3) is 0.600. The van der Waals surface area contributed by atoms with Gasteiger partial charge in [-0.3, -0.25) is 9.59 Å². The van der Waals surface area contributed by atoms with Gasteiger partial charge in [-0.2, -0.15) is 0 Å². The smallest absolute Gasteiger partial charge is 0.227 e. The Balaban J connectivity index is 1.54. The van der Waals surface area contributed by atoms with Crippen LogP contribution in [0.5, 0.6) is 0 Å². The Morgan fingerprint density at radius 3 is 2.40 bits per heavy atom. The van der Waals surface area contributed by atoms with Crippen LogP contribution in [0.2, 0.25) is 0 Å². The molecule has 25 heavy (non-hydrogen) atoms. The molecule has 1 aromatic rings. The zero-order valence-corrected chi connectivity index (χ0v) is 14.8. The summed E-state index contributed by atoms with van der Waals surface area (Å²) in [7, 11) is 0. The molecule has 136 valence electrons. The topological polar surface area (TPSA) is 60.9 Å². The highest BCUT2D eigenvalue weighted by molar-refractivity contribution is 5.82. The molecule has 3 rings (SSSR count). The summed E-state index contributed by atoms with van der Waals surface area (Å²) in [4.78, 5) is 29.2. The molecule has 2 heterocycles. The molecule has 0 bridgehead atoms. The highest BCUT2D eigenvalue weighted by Crippen LogP contribution is 2.23. The predicted octanol–water partition coefficient (Wildman–Crippen LogP) is 1.70. The average Bonchev–Trinajstić information content (AvgIpc) is 2.68. The van der Waals surface area contributed by atoms with E-state index in [1.54, 1.807) is 0 Å². The Kier molecular flexibility index (Phi) is 6.08. The molecule has 0 aliphatic carbocycles. The Morgan fingerprint density at radius 1 is 1.00 bits per heavy atom. The Morgan fingerprint density at radius 2 is 1.72 bits per heavy atom. The van der Waals surface area contributed by atoms with E-state index in [4.69, 9.17) is 0 Å². The van der Waals surface area contributed by atoms with Crippen LogP contribution in [0.4, 0.5) is 0 Å². The number of likely N-dealkylation sites (tertiary alicyclic amines) is 2. The first-order chi connectivity index (χ1) is 12.2. The van der Waals surface area contributed by atoms with Crippen molar-refractivity contribution < 1.29 is 14.7 Å². The SMILES string of the molecule is O=C(Cc1ccccc1)N1CCCC(C(=O)N2CCC(CO)CC2)C1. The van der Waals surface area contributed by atoms with Crippen molar-refractivity contribution >= 4 is 11.8 Å². The summed E-state index contributed by atoms with van der Waals surface area (Å²) < 4.78 is 0. The third-order valence-corrected chi connectivity index (χ3v) is 5.51. The average molecular weight is 344 g/mol. The van der Waals surface area contributed by atoms with E-state index in [0.29, 0.717) is 18.9 Å². The van der Waals surface area contributed by atoms with E-state index < -0.39 is 0 Å². The van der Waals surface area contributed by atoms with Crippen molar-refractivity contribution in [3.63, 3.8) is 0 Å². The first-order valence-corrected chi connectivity index (χ1v) is 9.38. The van der Waals surface area contributed by atoms with Crippen LogP contribution in [0, 0.1) is 11.8 Å². The fourth-order valence-electron chi connectivity index (χ4n) is 3.88. The molecule has 2 aliphatic rings. The molecule has 5 nitrogen and oxygen atoms in total. The molecule has 1 atom stereocenters. The Hall–Kier alpha value is -1.88. The number of hydrogen-bond acceptors (Lipinski definition) is 3. The minimum absolute atomic E-state index is 0.0702. The van der Waals surface area contributed by atoms with Crippen molar-refractivity contribution in [1.82, 2.24) is 9.80 Å². The van der Waals surface area contributed by atoms with Gasteiger partial charge in [0.1, 0.15) is 0 Å². The van der Waals surface area contributed by atoms with E-state index >= 15 is 0 Å². The first kappa shape index (κ1) is 17.9. The van der Waals surface area contributed by atoms with E-state index in [1.807, 2.05) is 40.1 Å². The van der Waals surface area contributed by atoms with Crippen molar-refractivity contribution in [3.8, 4) is 0 Å². The Bertz CT molecular complexity index is 582. The van der Waals surface area contributed by atoms with E-state index in [2.05, 4.69) is 0 Å². The summed E-state index contributed by atoms with van der Waals surface area (Å²) >= 11 is 0. The normalized spacial score (nSPS) is 22.0. The molecule has 1 N–H and O–H groups in total. The zero-order chi connectivity index (χ0) is 17.6. The summed E-state index contributed by atoms with van der Waals surface area (Å²) in [6.07, 6.45) is 3.93. The van der Waals surface area contributed by atoms with Crippen molar-refractivity contribution in [1.29, 1.82) is 0 Å². The molecule has 0 aromatic heterocycles. The number of aliphatic hydroxyl groups is 1. The van der Waals surface area contributed by atoms with E-state index in [9.17, 15) is 14.7 Å². The standard InChI is InChI=1S/C20H28N2O3/c23-15-17-8-11-21(12-9-17)20(25)18-7-4-10-22(14-18)19(24)13-16-5-2-1-3-6-16/h1-3,5-6,17-18,23H,4,7-15H2. The fourth-order valence-corrected chi connectivity index (χ4v) is 3.88. The maximum absolute atomic E-state index is 12.8. The van der Waals surface area contributed by atoms with Crippen LogP contribution in [-0.2, 0) is 16.0 Å². The molecule has 2 saturated heterocycles. The summed E-state index contributed by atoms with van der Waals surface area (Å²) in [6.45, 7) is 2.98. The number of benzene rings is 1. The second kappa shape index (κ2) is 8.48. The van der Waals surface area contributed by atoms with Gasteiger partial charge in [-0.15, -0.1) is 0 Å². The molecule has 1 aromatic carbocycles. The van der Waals surface area contributed by atoms with Gasteiger partial charge in [-0.25, -0.2) is 0 Å². The largest absolute Gasteiger partial charge is 0.396 e. The van der Waals surface area contributed by atoms with Gasteiger partial charge in [0.25, 0.3) is 0 Å². The summed E-state index contributed by atoms with van der Waals surface area (Å²) in [5, 5.41) is 9.23. The number of carbonyl (C=O) groups is 2. The van der Waals surface area contributed by atoms with Gasteiger partial charge in [0, 0.05) is 32.8 Å². The predicted molar refractivity (Wildman–Crippen MR) is 95.8 cm³/mol. The van der Waals surface area contributed by atoms with Crippen molar-refractivity contribution in [2.24, 2.45) is 11.8 Å². The van der Waals surface area contributed by atoms with Crippen LogP contribution in [0.15, 0.2) is 30.3 Å². The lowest BCUT2D eigenvalue weighted by molar-refractivity contribution is -0.141. The molecule has 1 unspecified atom stereocenters. The van der Waals surface area contributed by atoms with Gasteiger partial charge >= 0.3 is 0 Å². The molecular weight excluding hydrogens is 316 g/mol. The lowest BCUT2D eigenvalue weighted by Gasteiger charge is -2.37. The van der Waals surface area contributed by atoms with Gasteiger partial charge in [0.15, 0.2) is 0 Å². The Labute approximate surface area is 149 Å². The van der Waals surface area contributed by atoms with Gasteiger partial charge in [0.2, 0.25) is 11.8 Å². The summed E-state index contributed by atoms with van der Waals surface area (Å²) in [5.74, 6) is 0.565. The lowest BCUT2D eigenvalue weighted by Crippen LogP contribution is -2.49. The number of piperidine rings is 2. The second-order valence-corrected chi connectivity index (χ2v) is 7.29. The van der Waals surface area contributed by atoms with Crippen LogP contribution in [0.25, 0.3) is 0 Å². The minimum atomic E-state index is -0.0702. The maximum atomic E-state index is 12.8. The summed E-state index contributed by atoms with van der Waals surface area (Å²) in [5.41, 5.74) is 1.02. The van der Waals surface area contributed by atoms with Gasteiger partial charge < -0.3 is 14.9 Å². The lowest BCUT2D eigenvalue weighted by atomic mass is 9.93. The highest BCUT2D eigenvalue weighted by Gasteiger charge is 2.32. The van der Waals surface area contributed by atoms with Crippen LogP contribution in [0.3, 0.4) is 0 Å². The van der Waals surface area contributed by atoms with E-state index in [0.717, 1.165) is 50.9 Å². The quantitative estimate of drug-likeness (QED) is 0.904. The summed E-state index contributed by atoms with van der Waals surface area (Å²) in [6, 6.07) is 9.78. The van der Waals surface area contributed by atoms with Crippen molar-refractivity contribution in [3.05, 3.63) is 35.9 Å². The number of aliphatic hydroxyl groups excluding tert-OH is 1. The van der Waals surface area contributed by atoms with Crippen molar-refractivity contribution in [2.75, 3.05) is 32.8 Å². The van der Waals surface area contributed by atoms with Gasteiger partial charge in [-0.1, -0.05) is 30.3 Å². The molecule has 2 aliphatic heterocycles. The first-order valence-electron chi connectivity index (χ1n) is 9.38. The molecular formula is C20H28N2O3. The van der Waals surface area contributed by atoms with Crippen LogP contribution in [-0.4, -0.2) is 59.5 Å². The van der Waals surface area contributed by atoms with E-state index in [1.165, 1.54) is 0 Å². The van der Waals surface area contributed by atoms with Gasteiger partial charge in [0.05, 0.1) is 12.3 Å². The molecule has 0 radical (unpaired) electrons. The highest BCUT2D eigenvalue weighted by atomic mass is 16.3. The van der Waals surface area contributed by atoms with Gasteiger partial charge in [-0.05, 0) is 37.2 Å². The minimum Gasteiger partial charge on any atom is -0.396 e. The third-order valence-electron chi connectivity index (χ3n) is 5.51. The van der Waals surface area contributed by atoms with Crippen LogP contribution in [0.1, 0.15) is 31.2 Å². The zero-order valence-electron chi connectivity index (χ0n) is 14.8. The molecule has 2 amide bonds. The number of carbonyl (C=O) groups excluding carboxylic acids is 2. The number of nitrogens with zero attached hydrogens (tertiary/aromatic N) is 2. The van der Waals surface area contributed by atoms with Crippen LogP contribution >= 0.6 is 0 Å². The monoisotopic (exact) mass is 344 g/mol. The van der Waals surface area contributed by atoms with Crippen molar-refractivity contribution in [2.45, 2.75) is 32.1 Å². The third kappa shape index (κ3) is 4.60. The molecule has 0 spiro atoms. The number of rotatable bonds is 4. The maximum Gasteiger partial charge on any atom is 0.227 e.